The highest BCUT2D eigenvalue weighted by atomic mass is 35.5. The first-order valence-electron chi connectivity index (χ1n) is 7.20. The normalized spacial score (nSPS) is 12.2. The zero-order chi connectivity index (χ0) is 18.2. The molecule has 0 saturated heterocycles. The Kier molecular flexibility index (Phi) is 4.49. The summed E-state index contributed by atoms with van der Waals surface area (Å²) in [5, 5.41) is 1.61. The van der Waals surface area contributed by atoms with Gasteiger partial charge in [0.25, 0.3) is 10.0 Å². The zero-order valence-electron chi connectivity index (χ0n) is 13.1. The molecule has 0 heterocycles. The lowest BCUT2D eigenvalue weighted by molar-refractivity contribution is 0.587. The van der Waals surface area contributed by atoms with E-state index in [2.05, 4.69) is 0 Å². The maximum Gasteiger partial charge on any atom is 0.277 e. The van der Waals surface area contributed by atoms with Crippen molar-refractivity contribution in [3.63, 3.8) is 0 Å². The van der Waals surface area contributed by atoms with Crippen LogP contribution in [0.1, 0.15) is 0 Å². The van der Waals surface area contributed by atoms with Gasteiger partial charge >= 0.3 is 0 Å². The molecule has 0 aliphatic rings. The van der Waals surface area contributed by atoms with Crippen molar-refractivity contribution in [2.45, 2.75) is 4.90 Å². The zero-order valence-corrected chi connectivity index (χ0v) is 15.5. The largest absolute Gasteiger partial charge is 0.277 e. The standard InChI is InChI=1S/C17H14ClNO4S2/c1-24(20,21)19(25(22,23)15-11-9-14(18)10-12-15)17-8-4-6-13-5-2-3-7-16(13)17/h2-12H,1H3. The van der Waals surface area contributed by atoms with Crippen molar-refractivity contribution < 1.29 is 16.8 Å². The van der Waals surface area contributed by atoms with Crippen LogP contribution in [0.3, 0.4) is 0 Å². The van der Waals surface area contributed by atoms with Crippen molar-refractivity contribution in [3.8, 4) is 0 Å². The Hall–Kier alpha value is -2.09. The van der Waals surface area contributed by atoms with E-state index in [-0.39, 0.29) is 10.6 Å². The van der Waals surface area contributed by atoms with Gasteiger partial charge in [-0.25, -0.2) is 16.8 Å². The van der Waals surface area contributed by atoms with Crippen molar-refractivity contribution in [1.82, 2.24) is 0 Å². The Morgan fingerprint density at radius 3 is 2.04 bits per heavy atom. The van der Waals surface area contributed by atoms with Gasteiger partial charge in [-0.2, -0.15) is 3.71 Å². The number of benzene rings is 3. The van der Waals surface area contributed by atoms with Crippen LogP contribution in [-0.4, -0.2) is 23.1 Å². The van der Waals surface area contributed by atoms with Gasteiger partial charge in [-0.3, -0.25) is 0 Å². The van der Waals surface area contributed by atoms with Gasteiger partial charge in [0.2, 0.25) is 10.0 Å². The third-order valence-corrected chi connectivity index (χ3v) is 7.55. The van der Waals surface area contributed by atoms with Gasteiger partial charge < -0.3 is 0 Å². The number of rotatable bonds is 4. The summed E-state index contributed by atoms with van der Waals surface area (Å²) in [5.41, 5.74) is 0.0792. The Labute approximate surface area is 151 Å². The molecule has 0 bridgehead atoms. The van der Waals surface area contributed by atoms with E-state index in [9.17, 15) is 16.8 Å². The fourth-order valence-electron chi connectivity index (χ4n) is 2.56. The second-order valence-electron chi connectivity index (χ2n) is 5.42. The van der Waals surface area contributed by atoms with Gasteiger partial charge in [-0.15, -0.1) is 0 Å². The van der Waals surface area contributed by atoms with Gasteiger partial charge in [0.1, 0.15) is 0 Å². The third-order valence-electron chi connectivity index (χ3n) is 3.59. The Morgan fingerprint density at radius 1 is 0.800 bits per heavy atom. The van der Waals surface area contributed by atoms with Gasteiger partial charge in [0.15, 0.2) is 0 Å². The lowest BCUT2D eigenvalue weighted by Gasteiger charge is -2.23. The van der Waals surface area contributed by atoms with Crippen LogP contribution in [-0.2, 0) is 20.0 Å². The van der Waals surface area contributed by atoms with Crippen LogP contribution < -0.4 is 3.71 Å². The Balaban J connectivity index is 2.31. The minimum atomic E-state index is -4.33. The SMILES string of the molecule is CS(=O)(=O)N(c1cccc2ccccc12)S(=O)(=O)c1ccc(Cl)cc1. The predicted molar refractivity (Wildman–Crippen MR) is 99.9 cm³/mol. The fraction of sp³-hybridized carbons (Fsp3) is 0.0588. The van der Waals surface area contributed by atoms with E-state index in [4.69, 9.17) is 11.6 Å². The van der Waals surface area contributed by atoms with Crippen LogP contribution in [0.5, 0.6) is 0 Å². The Bertz CT molecular complexity index is 1140. The molecule has 5 nitrogen and oxygen atoms in total. The molecule has 0 aliphatic carbocycles. The van der Waals surface area contributed by atoms with Crippen molar-refractivity contribution >= 4 is 48.1 Å². The van der Waals surface area contributed by atoms with Crippen LogP contribution in [0.2, 0.25) is 5.02 Å². The van der Waals surface area contributed by atoms with E-state index >= 15 is 0 Å². The maximum absolute atomic E-state index is 13.0. The van der Waals surface area contributed by atoms with Crippen LogP contribution in [0.15, 0.2) is 71.6 Å². The molecule has 0 aliphatic heterocycles. The molecule has 8 heteroatoms. The van der Waals surface area contributed by atoms with Crippen LogP contribution in [0.4, 0.5) is 5.69 Å². The molecule has 25 heavy (non-hydrogen) atoms. The van der Waals surface area contributed by atoms with E-state index in [0.29, 0.717) is 14.1 Å². The van der Waals surface area contributed by atoms with Crippen LogP contribution in [0, 0.1) is 0 Å². The molecule has 0 radical (unpaired) electrons. The molecule has 3 rings (SSSR count). The first-order chi connectivity index (χ1) is 11.7. The quantitative estimate of drug-likeness (QED) is 0.676. The molecule has 0 fully saturated rings. The summed E-state index contributed by atoms with van der Waals surface area (Å²) in [6, 6.07) is 17.2. The van der Waals surface area contributed by atoms with E-state index in [0.717, 1.165) is 11.6 Å². The molecule has 0 amide bonds. The second kappa shape index (κ2) is 6.33. The van der Waals surface area contributed by atoms with Gasteiger partial charge in [0.05, 0.1) is 16.8 Å². The van der Waals surface area contributed by atoms with Crippen molar-refractivity contribution in [3.05, 3.63) is 71.8 Å². The molecule has 0 N–H and O–H groups in total. The number of nitrogens with zero attached hydrogens (tertiary/aromatic N) is 1. The smallest absolute Gasteiger partial charge is 0.206 e. The molecule has 0 atom stereocenters. The highest BCUT2D eigenvalue weighted by Crippen LogP contribution is 2.33. The maximum atomic E-state index is 13.0. The summed E-state index contributed by atoms with van der Waals surface area (Å²) in [6.45, 7) is 0. The van der Waals surface area contributed by atoms with Crippen molar-refractivity contribution in [2.24, 2.45) is 0 Å². The summed E-state index contributed by atoms with van der Waals surface area (Å²) < 4.78 is 51.3. The fourth-order valence-corrected chi connectivity index (χ4v) is 5.97. The summed E-state index contributed by atoms with van der Waals surface area (Å²) >= 11 is 5.80. The molecule has 0 spiro atoms. The predicted octanol–water partition coefficient (Wildman–Crippen LogP) is 3.65. The number of hydrogen-bond acceptors (Lipinski definition) is 4. The van der Waals surface area contributed by atoms with E-state index in [1.54, 1.807) is 36.4 Å². The molecule has 0 saturated carbocycles. The lowest BCUT2D eigenvalue weighted by Crippen LogP contribution is -2.36. The van der Waals surface area contributed by atoms with Gasteiger partial charge in [-0.05, 0) is 35.7 Å². The summed E-state index contributed by atoms with van der Waals surface area (Å²) in [5.74, 6) is 0. The molecule has 130 valence electrons. The molecule has 3 aromatic rings. The number of anilines is 1. The lowest BCUT2D eigenvalue weighted by atomic mass is 10.1. The Morgan fingerprint density at radius 2 is 1.40 bits per heavy atom. The first-order valence-corrected chi connectivity index (χ1v) is 10.9. The molecule has 0 unspecified atom stereocenters. The number of hydrogen-bond donors (Lipinski definition) is 0. The van der Waals surface area contributed by atoms with Crippen LogP contribution >= 0.6 is 11.6 Å². The monoisotopic (exact) mass is 395 g/mol. The highest BCUT2D eigenvalue weighted by molar-refractivity contribution is 8.10. The molecule has 0 aromatic heterocycles. The summed E-state index contributed by atoms with van der Waals surface area (Å²) in [7, 11) is -8.45. The van der Waals surface area contributed by atoms with Crippen LogP contribution in [0.25, 0.3) is 10.8 Å². The minimum absolute atomic E-state index is 0.0792. The van der Waals surface area contributed by atoms with E-state index in [1.165, 1.54) is 30.3 Å². The average molecular weight is 396 g/mol. The van der Waals surface area contributed by atoms with Gasteiger partial charge in [0, 0.05) is 10.4 Å². The number of sulfonamides is 2. The topological polar surface area (TPSA) is 71.5 Å². The number of fused-ring (bicyclic) bond motifs is 1. The second-order valence-corrected chi connectivity index (χ2v) is 9.70. The first kappa shape index (κ1) is 17.7. The van der Waals surface area contributed by atoms with E-state index < -0.39 is 20.0 Å². The third kappa shape index (κ3) is 3.35. The van der Waals surface area contributed by atoms with E-state index in [1.807, 2.05) is 0 Å². The van der Waals surface area contributed by atoms with Gasteiger partial charge in [-0.1, -0.05) is 48.0 Å². The number of halogens is 1. The minimum Gasteiger partial charge on any atom is -0.206 e. The van der Waals surface area contributed by atoms with Crippen molar-refractivity contribution in [1.29, 1.82) is 0 Å². The molecular weight excluding hydrogens is 382 g/mol. The van der Waals surface area contributed by atoms with Crippen molar-refractivity contribution in [2.75, 3.05) is 9.97 Å². The summed E-state index contributed by atoms with van der Waals surface area (Å²) in [4.78, 5) is -0.157. The average Bonchev–Trinajstić information content (AvgIpc) is 2.54. The molecule has 3 aromatic carbocycles. The summed E-state index contributed by atoms with van der Waals surface area (Å²) in [6.07, 6.45) is 0.863. The molecular formula is C17H14ClNO4S2. The highest BCUT2D eigenvalue weighted by Gasteiger charge is 2.33.